The number of rotatable bonds is 3. The highest BCUT2D eigenvalue weighted by Gasteiger charge is 2.30. The van der Waals surface area contributed by atoms with E-state index < -0.39 is 17.6 Å². The summed E-state index contributed by atoms with van der Waals surface area (Å²) in [6, 6.07) is 1.59. The van der Waals surface area contributed by atoms with Crippen molar-refractivity contribution in [2.45, 2.75) is 19.1 Å². The molecule has 3 N–H and O–H groups in total. The fourth-order valence-electron chi connectivity index (χ4n) is 1.05. The topological polar surface area (TPSA) is 68.0 Å². The van der Waals surface area contributed by atoms with E-state index in [1.165, 1.54) is 0 Å². The first-order chi connectivity index (χ1) is 7.84. The average molecular weight is 247 g/mol. The molecule has 0 spiro atoms. The van der Waals surface area contributed by atoms with Crippen LogP contribution >= 0.6 is 0 Å². The molecule has 0 unspecified atom stereocenters. The van der Waals surface area contributed by atoms with Crippen molar-refractivity contribution in [3.63, 3.8) is 0 Å². The molecule has 0 radical (unpaired) electrons. The molecule has 0 saturated carbocycles. The zero-order chi connectivity index (χ0) is 13.1. The summed E-state index contributed by atoms with van der Waals surface area (Å²) < 4.78 is 36.7. The number of nitrogens with one attached hydrogen (secondary N) is 1. The van der Waals surface area contributed by atoms with Gasteiger partial charge in [0, 0.05) is 18.8 Å². The van der Waals surface area contributed by atoms with E-state index in [1.807, 2.05) is 0 Å². The Labute approximate surface area is 96.0 Å². The summed E-state index contributed by atoms with van der Waals surface area (Å²) in [5, 5.41) is 2.50. The molecule has 1 rings (SSSR count). The molecule has 1 amide bonds. The SMILES string of the molecule is C[C@H](CN)NC(=O)c1ccc(C(F)(F)F)cn1. The van der Waals surface area contributed by atoms with Gasteiger partial charge in [0.15, 0.2) is 0 Å². The van der Waals surface area contributed by atoms with Gasteiger partial charge in [0.25, 0.3) is 5.91 Å². The molecule has 0 aromatic carbocycles. The highest BCUT2D eigenvalue weighted by atomic mass is 19.4. The van der Waals surface area contributed by atoms with E-state index in [-0.39, 0.29) is 18.3 Å². The second-order valence-electron chi connectivity index (χ2n) is 3.54. The van der Waals surface area contributed by atoms with Gasteiger partial charge in [-0.25, -0.2) is 0 Å². The van der Waals surface area contributed by atoms with Gasteiger partial charge in [-0.15, -0.1) is 0 Å². The Kier molecular flexibility index (Phi) is 4.06. The summed E-state index contributed by atoms with van der Waals surface area (Å²) in [5.74, 6) is -0.545. The van der Waals surface area contributed by atoms with Crippen LogP contribution < -0.4 is 11.1 Å². The van der Waals surface area contributed by atoms with Gasteiger partial charge in [0.2, 0.25) is 0 Å². The minimum Gasteiger partial charge on any atom is -0.347 e. The van der Waals surface area contributed by atoms with E-state index in [4.69, 9.17) is 5.73 Å². The van der Waals surface area contributed by atoms with Crippen molar-refractivity contribution in [3.8, 4) is 0 Å². The molecule has 17 heavy (non-hydrogen) atoms. The maximum absolute atomic E-state index is 12.2. The Balaban J connectivity index is 2.78. The van der Waals surface area contributed by atoms with Gasteiger partial charge in [-0.2, -0.15) is 13.2 Å². The van der Waals surface area contributed by atoms with Crippen molar-refractivity contribution in [1.29, 1.82) is 0 Å². The molecular formula is C10H12F3N3O. The fraction of sp³-hybridized carbons (Fsp3) is 0.400. The first-order valence-electron chi connectivity index (χ1n) is 4.88. The molecular weight excluding hydrogens is 235 g/mol. The number of hydrogen-bond donors (Lipinski definition) is 2. The number of nitrogens with two attached hydrogens (primary N) is 1. The minimum atomic E-state index is -4.45. The number of alkyl halides is 3. The Hall–Kier alpha value is -1.63. The van der Waals surface area contributed by atoms with Crippen LogP contribution in [-0.2, 0) is 6.18 Å². The predicted molar refractivity (Wildman–Crippen MR) is 55.2 cm³/mol. The largest absolute Gasteiger partial charge is 0.417 e. The van der Waals surface area contributed by atoms with Crippen LogP contribution in [0.5, 0.6) is 0 Å². The zero-order valence-electron chi connectivity index (χ0n) is 9.08. The number of pyridine rings is 1. The standard InChI is InChI=1S/C10H12F3N3O/c1-6(4-14)16-9(17)8-3-2-7(5-15-8)10(11,12)13/h2-3,5-6H,4,14H2,1H3,(H,16,17)/t6-/m1/s1. The van der Waals surface area contributed by atoms with Crippen LogP contribution in [0.4, 0.5) is 13.2 Å². The quantitative estimate of drug-likeness (QED) is 0.842. The zero-order valence-corrected chi connectivity index (χ0v) is 9.08. The van der Waals surface area contributed by atoms with Crippen LogP contribution in [0.2, 0.25) is 0 Å². The third-order valence-corrected chi connectivity index (χ3v) is 2.05. The van der Waals surface area contributed by atoms with Crippen molar-refractivity contribution in [2.75, 3.05) is 6.54 Å². The number of carbonyl (C=O) groups excluding carboxylic acids is 1. The number of aromatic nitrogens is 1. The Morgan fingerprint density at radius 1 is 1.53 bits per heavy atom. The lowest BCUT2D eigenvalue weighted by Crippen LogP contribution is -2.38. The summed E-state index contributed by atoms with van der Waals surface area (Å²) >= 11 is 0. The van der Waals surface area contributed by atoms with Gasteiger partial charge >= 0.3 is 6.18 Å². The van der Waals surface area contributed by atoms with E-state index >= 15 is 0 Å². The Morgan fingerprint density at radius 2 is 2.18 bits per heavy atom. The monoisotopic (exact) mass is 247 g/mol. The smallest absolute Gasteiger partial charge is 0.347 e. The molecule has 1 heterocycles. The van der Waals surface area contributed by atoms with Crippen LogP contribution in [0.1, 0.15) is 23.0 Å². The molecule has 0 aliphatic heterocycles. The van der Waals surface area contributed by atoms with Gasteiger partial charge in [0.05, 0.1) is 5.56 Å². The second-order valence-corrected chi connectivity index (χ2v) is 3.54. The second kappa shape index (κ2) is 5.13. The summed E-state index contributed by atoms with van der Waals surface area (Å²) in [7, 11) is 0. The molecule has 0 aliphatic rings. The predicted octanol–water partition coefficient (Wildman–Crippen LogP) is 1.18. The number of hydrogen-bond acceptors (Lipinski definition) is 3. The van der Waals surface area contributed by atoms with E-state index in [1.54, 1.807) is 6.92 Å². The van der Waals surface area contributed by atoms with Crippen LogP contribution in [0, 0.1) is 0 Å². The van der Waals surface area contributed by atoms with Crippen molar-refractivity contribution in [1.82, 2.24) is 10.3 Å². The van der Waals surface area contributed by atoms with Crippen molar-refractivity contribution in [3.05, 3.63) is 29.6 Å². The van der Waals surface area contributed by atoms with Gasteiger partial charge in [-0.3, -0.25) is 9.78 Å². The van der Waals surface area contributed by atoms with E-state index in [0.29, 0.717) is 6.20 Å². The molecule has 4 nitrogen and oxygen atoms in total. The lowest BCUT2D eigenvalue weighted by atomic mass is 10.2. The summed E-state index contributed by atoms with van der Waals surface area (Å²) in [5.41, 5.74) is 4.34. The van der Waals surface area contributed by atoms with E-state index in [2.05, 4.69) is 10.3 Å². The summed E-state index contributed by atoms with van der Waals surface area (Å²) in [6.45, 7) is 1.92. The molecule has 7 heteroatoms. The van der Waals surface area contributed by atoms with Gasteiger partial charge in [-0.05, 0) is 19.1 Å². The molecule has 1 aromatic heterocycles. The third kappa shape index (κ3) is 3.70. The first-order valence-corrected chi connectivity index (χ1v) is 4.88. The van der Waals surface area contributed by atoms with Crippen LogP contribution in [0.25, 0.3) is 0 Å². The van der Waals surface area contributed by atoms with Gasteiger partial charge < -0.3 is 11.1 Å². The molecule has 94 valence electrons. The molecule has 1 aromatic rings. The molecule has 0 aliphatic carbocycles. The van der Waals surface area contributed by atoms with Crippen LogP contribution in [0.3, 0.4) is 0 Å². The third-order valence-electron chi connectivity index (χ3n) is 2.05. The highest BCUT2D eigenvalue weighted by Crippen LogP contribution is 2.28. The van der Waals surface area contributed by atoms with Crippen molar-refractivity contribution < 1.29 is 18.0 Å². The fourth-order valence-corrected chi connectivity index (χ4v) is 1.05. The van der Waals surface area contributed by atoms with Gasteiger partial charge in [-0.1, -0.05) is 0 Å². The normalized spacial score (nSPS) is 13.2. The minimum absolute atomic E-state index is 0.0710. The number of amides is 1. The first kappa shape index (κ1) is 13.4. The average Bonchev–Trinajstić information content (AvgIpc) is 2.27. The summed E-state index contributed by atoms with van der Waals surface area (Å²) in [6.07, 6.45) is -3.82. The Bertz CT molecular complexity index is 389. The highest BCUT2D eigenvalue weighted by molar-refractivity contribution is 5.92. The number of nitrogens with zero attached hydrogens (tertiary/aromatic N) is 1. The molecule has 1 atom stereocenters. The van der Waals surface area contributed by atoms with Crippen LogP contribution in [-0.4, -0.2) is 23.5 Å². The number of halogens is 3. The lowest BCUT2D eigenvalue weighted by Gasteiger charge is -2.11. The van der Waals surface area contributed by atoms with Gasteiger partial charge in [0.1, 0.15) is 5.69 Å². The Morgan fingerprint density at radius 3 is 2.59 bits per heavy atom. The molecule has 0 bridgehead atoms. The molecule has 0 fully saturated rings. The van der Waals surface area contributed by atoms with Crippen LogP contribution in [0.15, 0.2) is 18.3 Å². The van der Waals surface area contributed by atoms with Crippen molar-refractivity contribution >= 4 is 5.91 Å². The van der Waals surface area contributed by atoms with E-state index in [9.17, 15) is 18.0 Å². The van der Waals surface area contributed by atoms with E-state index in [0.717, 1.165) is 12.1 Å². The molecule has 0 saturated heterocycles. The maximum atomic E-state index is 12.2. The summed E-state index contributed by atoms with van der Waals surface area (Å²) in [4.78, 5) is 14.9. The van der Waals surface area contributed by atoms with Crippen molar-refractivity contribution in [2.24, 2.45) is 5.73 Å². The lowest BCUT2D eigenvalue weighted by molar-refractivity contribution is -0.137. The maximum Gasteiger partial charge on any atom is 0.417 e. The number of carbonyl (C=O) groups is 1.